The van der Waals surface area contributed by atoms with E-state index in [1.54, 1.807) is 0 Å². The lowest BCUT2D eigenvalue weighted by atomic mass is 9.78. The Morgan fingerprint density at radius 2 is 1.89 bits per heavy atom. The molecule has 3 heteroatoms. The van der Waals surface area contributed by atoms with Crippen LogP contribution < -0.4 is 5.32 Å². The molecule has 1 aromatic rings. The van der Waals surface area contributed by atoms with E-state index in [9.17, 15) is 0 Å². The second-order valence-electron chi connectivity index (χ2n) is 5.57. The number of halogens is 2. The molecular formula is C15H21Br2N. The van der Waals surface area contributed by atoms with Gasteiger partial charge in [-0.25, -0.2) is 0 Å². The molecule has 0 saturated heterocycles. The average molecular weight is 375 g/mol. The highest BCUT2D eigenvalue weighted by Gasteiger charge is 2.27. The van der Waals surface area contributed by atoms with Gasteiger partial charge < -0.3 is 5.32 Å². The van der Waals surface area contributed by atoms with E-state index in [0.29, 0.717) is 6.04 Å². The molecule has 0 heterocycles. The van der Waals surface area contributed by atoms with Gasteiger partial charge in [-0.1, -0.05) is 42.6 Å². The zero-order valence-corrected chi connectivity index (χ0v) is 14.2. The van der Waals surface area contributed by atoms with E-state index in [4.69, 9.17) is 0 Å². The number of rotatable bonds is 3. The van der Waals surface area contributed by atoms with Gasteiger partial charge in [0.05, 0.1) is 0 Å². The summed E-state index contributed by atoms with van der Waals surface area (Å²) in [5.74, 6) is 1.55. The van der Waals surface area contributed by atoms with E-state index in [2.05, 4.69) is 69.2 Å². The molecule has 0 amide bonds. The van der Waals surface area contributed by atoms with E-state index >= 15 is 0 Å². The summed E-state index contributed by atoms with van der Waals surface area (Å²) < 4.78 is 2.28. The normalized spacial score (nSPS) is 24.3. The molecular weight excluding hydrogens is 354 g/mol. The van der Waals surface area contributed by atoms with E-state index in [1.807, 2.05) is 0 Å². The van der Waals surface area contributed by atoms with Crippen molar-refractivity contribution in [3.63, 3.8) is 0 Å². The van der Waals surface area contributed by atoms with Gasteiger partial charge in [0.1, 0.15) is 0 Å². The highest BCUT2D eigenvalue weighted by atomic mass is 79.9. The third-order valence-corrected chi connectivity index (χ3v) is 5.13. The van der Waals surface area contributed by atoms with Crippen molar-refractivity contribution in [2.24, 2.45) is 11.8 Å². The molecule has 2 unspecified atom stereocenters. The Balaban J connectivity index is 2.13. The van der Waals surface area contributed by atoms with Crippen LogP contribution in [-0.4, -0.2) is 6.04 Å². The first-order valence-corrected chi connectivity index (χ1v) is 8.38. The monoisotopic (exact) mass is 373 g/mol. The maximum Gasteiger partial charge on any atom is 0.0498 e. The summed E-state index contributed by atoms with van der Waals surface area (Å²) in [5.41, 5.74) is 1.21. The standard InChI is InChI=1S/C15H21Br2N/c1-10(2)12-5-3-4-6-14(12)18-15-9-11(16)7-8-13(15)17/h7-10,12,14,18H,3-6H2,1-2H3. The maximum atomic E-state index is 3.74. The van der Waals surface area contributed by atoms with Crippen LogP contribution in [0.3, 0.4) is 0 Å². The minimum absolute atomic E-state index is 0.615. The molecule has 0 aromatic heterocycles. The first kappa shape index (κ1) is 14.4. The van der Waals surface area contributed by atoms with Crippen LogP contribution in [0.15, 0.2) is 27.1 Å². The lowest BCUT2D eigenvalue weighted by Crippen LogP contribution is -2.35. The Hall–Kier alpha value is -0.0200. The molecule has 0 spiro atoms. The Morgan fingerprint density at radius 3 is 2.61 bits per heavy atom. The smallest absolute Gasteiger partial charge is 0.0498 e. The molecule has 0 bridgehead atoms. The molecule has 1 aliphatic rings. The molecule has 1 fully saturated rings. The third kappa shape index (κ3) is 3.51. The van der Waals surface area contributed by atoms with Crippen LogP contribution >= 0.6 is 31.9 Å². The quantitative estimate of drug-likeness (QED) is 0.700. The van der Waals surface area contributed by atoms with Gasteiger partial charge in [-0.15, -0.1) is 0 Å². The van der Waals surface area contributed by atoms with Crippen molar-refractivity contribution in [3.05, 3.63) is 27.1 Å². The predicted octanol–water partition coefficient (Wildman–Crippen LogP) is 5.84. The van der Waals surface area contributed by atoms with Gasteiger partial charge >= 0.3 is 0 Å². The van der Waals surface area contributed by atoms with Crippen molar-refractivity contribution < 1.29 is 0 Å². The van der Waals surface area contributed by atoms with Crippen molar-refractivity contribution in [2.75, 3.05) is 5.32 Å². The molecule has 1 aliphatic carbocycles. The van der Waals surface area contributed by atoms with Gasteiger partial charge in [0.25, 0.3) is 0 Å². The first-order chi connectivity index (χ1) is 8.58. The van der Waals surface area contributed by atoms with Crippen molar-refractivity contribution >= 4 is 37.5 Å². The highest BCUT2D eigenvalue weighted by molar-refractivity contribution is 9.11. The highest BCUT2D eigenvalue weighted by Crippen LogP contribution is 2.34. The van der Waals surface area contributed by atoms with Crippen LogP contribution in [-0.2, 0) is 0 Å². The van der Waals surface area contributed by atoms with Crippen molar-refractivity contribution in [3.8, 4) is 0 Å². The van der Waals surface area contributed by atoms with Crippen molar-refractivity contribution in [1.82, 2.24) is 0 Å². The predicted molar refractivity (Wildman–Crippen MR) is 86.0 cm³/mol. The molecule has 1 saturated carbocycles. The van der Waals surface area contributed by atoms with Gasteiger partial charge in [0.2, 0.25) is 0 Å². The Bertz CT molecular complexity index is 403. The summed E-state index contributed by atoms with van der Waals surface area (Å²) >= 11 is 7.18. The Kier molecular flexibility index (Phi) is 5.14. The summed E-state index contributed by atoms with van der Waals surface area (Å²) in [5, 5.41) is 3.74. The molecule has 2 rings (SSSR count). The summed E-state index contributed by atoms with van der Waals surface area (Å²) in [6, 6.07) is 6.94. The number of hydrogen-bond acceptors (Lipinski definition) is 1. The zero-order chi connectivity index (χ0) is 13.1. The Morgan fingerprint density at radius 1 is 1.17 bits per heavy atom. The molecule has 0 aliphatic heterocycles. The average Bonchev–Trinajstić information content (AvgIpc) is 2.34. The fourth-order valence-electron chi connectivity index (χ4n) is 2.94. The number of anilines is 1. The van der Waals surface area contributed by atoms with Crippen molar-refractivity contribution in [1.29, 1.82) is 0 Å². The van der Waals surface area contributed by atoms with Crippen LogP contribution in [0.1, 0.15) is 39.5 Å². The molecule has 1 aromatic carbocycles. The third-order valence-electron chi connectivity index (χ3n) is 3.95. The van der Waals surface area contributed by atoms with Crippen LogP contribution in [0.5, 0.6) is 0 Å². The molecule has 2 atom stereocenters. The molecule has 1 N–H and O–H groups in total. The number of hydrogen-bond donors (Lipinski definition) is 1. The van der Waals surface area contributed by atoms with Crippen LogP contribution in [0, 0.1) is 11.8 Å². The lowest BCUT2D eigenvalue weighted by Gasteiger charge is -2.35. The summed E-state index contributed by atoms with van der Waals surface area (Å²) in [4.78, 5) is 0. The number of benzene rings is 1. The van der Waals surface area contributed by atoms with Gasteiger partial charge in [-0.05, 0) is 58.8 Å². The molecule has 0 radical (unpaired) electrons. The van der Waals surface area contributed by atoms with E-state index in [1.165, 1.54) is 31.4 Å². The summed E-state index contributed by atoms with van der Waals surface area (Å²) in [7, 11) is 0. The summed E-state index contributed by atoms with van der Waals surface area (Å²) in [6.45, 7) is 4.70. The number of nitrogens with one attached hydrogen (secondary N) is 1. The fourth-order valence-corrected chi connectivity index (χ4v) is 3.67. The summed E-state index contributed by atoms with van der Waals surface area (Å²) in [6.07, 6.45) is 5.40. The molecule has 1 nitrogen and oxygen atoms in total. The minimum Gasteiger partial charge on any atom is -0.381 e. The van der Waals surface area contributed by atoms with Gasteiger partial charge in [-0.3, -0.25) is 0 Å². The van der Waals surface area contributed by atoms with Gasteiger partial charge in [0, 0.05) is 20.7 Å². The van der Waals surface area contributed by atoms with E-state index in [-0.39, 0.29) is 0 Å². The first-order valence-electron chi connectivity index (χ1n) is 6.79. The van der Waals surface area contributed by atoms with Crippen LogP contribution in [0.4, 0.5) is 5.69 Å². The lowest BCUT2D eigenvalue weighted by molar-refractivity contribution is 0.254. The molecule has 100 valence electrons. The molecule has 18 heavy (non-hydrogen) atoms. The maximum absolute atomic E-state index is 3.74. The van der Waals surface area contributed by atoms with Gasteiger partial charge in [0.15, 0.2) is 0 Å². The zero-order valence-electron chi connectivity index (χ0n) is 11.0. The topological polar surface area (TPSA) is 12.0 Å². The fraction of sp³-hybridized carbons (Fsp3) is 0.600. The SMILES string of the molecule is CC(C)C1CCCCC1Nc1cc(Br)ccc1Br. The van der Waals surface area contributed by atoms with Crippen LogP contribution in [0.25, 0.3) is 0 Å². The second kappa shape index (κ2) is 6.42. The Labute approximate surface area is 127 Å². The van der Waals surface area contributed by atoms with E-state index < -0.39 is 0 Å². The van der Waals surface area contributed by atoms with Crippen LogP contribution in [0.2, 0.25) is 0 Å². The van der Waals surface area contributed by atoms with Crippen molar-refractivity contribution in [2.45, 2.75) is 45.6 Å². The second-order valence-corrected chi connectivity index (χ2v) is 7.34. The van der Waals surface area contributed by atoms with Gasteiger partial charge in [-0.2, -0.15) is 0 Å². The minimum atomic E-state index is 0.615. The van der Waals surface area contributed by atoms with E-state index in [0.717, 1.165) is 20.8 Å². The largest absolute Gasteiger partial charge is 0.381 e.